The molecule has 1 spiro atoms. The molecule has 8 nitrogen and oxygen atoms in total. The molecule has 136 valence electrons. The van der Waals surface area contributed by atoms with Crippen molar-refractivity contribution in [1.29, 1.82) is 0 Å². The second-order valence-corrected chi connectivity index (χ2v) is 8.74. The van der Waals surface area contributed by atoms with Crippen LogP contribution in [0.5, 0.6) is 0 Å². The minimum atomic E-state index is -3.44. The highest BCUT2D eigenvalue weighted by molar-refractivity contribution is 7.92. The second kappa shape index (κ2) is 5.73. The maximum Gasteiger partial charge on any atom is 0.255 e. The van der Waals surface area contributed by atoms with Crippen LogP contribution < -0.4 is 4.31 Å². The number of amides is 1. The third kappa shape index (κ3) is 2.54. The van der Waals surface area contributed by atoms with E-state index in [9.17, 15) is 13.2 Å². The van der Waals surface area contributed by atoms with Gasteiger partial charge in [-0.1, -0.05) is 6.92 Å². The Hall–Kier alpha value is -2.55. The molecule has 0 radical (unpaired) electrons. The van der Waals surface area contributed by atoms with Gasteiger partial charge in [0.25, 0.3) is 5.91 Å². The van der Waals surface area contributed by atoms with Crippen molar-refractivity contribution in [2.24, 2.45) is 0 Å². The number of carbonyl (C=O) groups is 1. The van der Waals surface area contributed by atoms with E-state index < -0.39 is 15.4 Å². The van der Waals surface area contributed by atoms with Gasteiger partial charge < -0.3 is 4.90 Å². The average molecular weight is 373 g/mol. The van der Waals surface area contributed by atoms with Crippen molar-refractivity contribution in [1.82, 2.24) is 19.9 Å². The molecule has 4 rings (SSSR count). The van der Waals surface area contributed by atoms with Crippen LogP contribution in [0.15, 0.2) is 30.7 Å². The van der Waals surface area contributed by atoms with Gasteiger partial charge in [0.05, 0.1) is 29.5 Å². The minimum absolute atomic E-state index is 0.103. The van der Waals surface area contributed by atoms with Gasteiger partial charge in [0, 0.05) is 37.4 Å². The summed E-state index contributed by atoms with van der Waals surface area (Å²) in [7, 11) is -3.44. The SMILES string of the molecule is CCc1ccc(C(=O)N2CC3(C2)CN(S(C)(=O)=O)c2nccnc23)cn1. The lowest BCUT2D eigenvalue weighted by Gasteiger charge is -2.47. The fourth-order valence-electron chi connectivity index (χ4n) is 3.61. The molecule has 9 heteroatoms. The molecule has 0 aliphatic carbocycles. The number of aryl methyl sites for hydroxylation is 1. The van der Waals surface area contributed by atoms with E-state index in [0.717, 1.165) is 18.4 Å². The van der Waals surface area contributed by atoms with Crippen molar-refractivity contribution in [3.8, 4) is 0 Å². The summed E-state index contributed by atoms with van der Waals surface area (Å²) in [6.45, 7) is 3.11. The Morgan fingerprint density at radius 3 is 2.50 bits per heavy atom. The molecule has 2 aromatic heterocycles. The number of rotatable bonds is 3. The summed E-state index contributed by atoms with van der Waals surface area (Å²) >= 11 is 0. The van der Waals surface area contributed by atoms with Crippen LogP contribution in [0.4, 0.5) is 5.82 Å². The van der Waals surface area contributed by atoms with Gasteiger partial charge in [0.15, 0.2) is 5.82 Å². The van der Waals surface area contributed by atoms with Crippen LogP contribution in [0.2, 0.25) is 0 Å². The second-order valence-electron chi connectivity index (χ2n) is 6.83. The number of nitrogens with zero attached hydrogens (tertiary/aromatic N) is 5. The van der Waals surface area contributed by atoms with Crippen molar-refractivity contribution in [2.75, 3.05) is 30.2 Å². The van der Waals surface area contributed by atoms with Gasteiger partial charge in [0.1, 0.15) is 0 Å². The molecule has 0 saturated carbocycles. The van der Waals surface area contributed by atoms with E-state index in [4.69, 9.17) is 0 Å². The molecule has 26 heavy (non-hydrogen) atoms. The molecule has 1 fully saturated rings. The lowest BCUT2D eigenvalue weighted by Crippen LogP contribution is -2.63. The maximum atomic E-state index is 12.7. The Balaban J connectivity index is 1.57. The normalized spacial score (nSPS) is 17.9. The van der Waals surface area contributed by atoms with Crippen LogP contribution in [0.3, 0.4) is 0 Å². The Labute approximate surface area is 151 Å². The molecule has 0 atom stereocenters. The number of anilines is 1. The zero-order chi connectivity index (χ0) is 18.5. The van der Waals surface area contributed by atoms with Crippen LogP contribution in [-0.4, -0.2) is 60.1 Å². The van der Waals surface area contributed by atoms with E-state index in [2.05, 4.69) is 15.0 Å². The van der Waals surface area contributed by atoms with E-state index in [-0.39, 0.29) is 12.5 Å². The van der Waals surface area contributed by atoms with Crippen molar-refractivity contribution in [3.05, 3.63) is 47.7 Å². The van der Waals surface area contributed by atoms with Gasteiger partial charge in [-0.25, -0.2) is 13.4 Å². The fraction of sp³-hybridized carbons (Fsp3) is 0.412. The molecule has 0 N–H and O–H groups in total. The summed E-state index contributed by atoms with van der Waals surface area (Å²) in [6.07, 6.45) is 6.62. The molecule has 0 bridgehead atoms. The van der Waals surface area contributed by atoms with E-state index in [1.807, 2.05) is 13.0 Å². The fourth-order valence-corrected chi connectivity index (χ4v) is 4.54. The van der Waals surface area contributed by atoms with Gasteiger partial charge in [-0.3, -0.25) is 19.1 Å². The van der Waals surface area contributed by atoms with E-state index in [1.54, 1.807) is 23.4 Å². The van der Waals surface area contributed by atoms with Gasteiger partial charge in [-0.05, 0) is 18.6 Å². The zero-order valence-electron chi connectivity index (χ0n) is 14.6. The number of aromatic nitrogens is 3. The van der Waals surface area contributed by atoms with E-state index in [0.29, 0.717) is 30.2 Å². The molecule has 4 heterocycles. The van der Waals surface area contributed by atoms with Crippen LogP contribution in [0, 0.1) is 0 Å². The van der Waals surface area contributed by atoms with Crippen molar-refractivity contribution < 1.29 is 13.2 Å². The number of carbonyl (C=O) groups excluding carboxylic acids is 1. The molecule has 1 saturated heterocycles. The molecule has 2 aliphatic rings. The van der Waals surface area contributed by atoms with Gasteiger partial charge >= 0.3 is 0 Å². The van der Waals surface area contributed by atoms with Crippen LogP contribution in [-0.2, 0) is 21.9 Å². The van der Waals surface area contributed by atoms with Crippen LogP contribution in [0.25, 0.3) is 0 Å². The first-order valence-electron chi connectivity index (χ1n) is 8.37. The quantitative estimate of drug-likeness (QED) is 0.782. The number of sulfonamides is 1. The third-order valence-corrected chi connectivity index (χ3v) is 6.07. The van der Waals surface area contributed by atoms with Crippen molar-refractivity contribution in [3.63, 3.8) is 0 Å². The molecule has 2 aromatic rings. The zero-order valence-corrected chi connectivity index (χ0v) is 15.4. The Bertz CT molecular complexity index is 968. The first-order chi connectivity index (χ1) is 12.3. The number of likely N-dealkylation sites (tertiary alicyclic amines) is 1. The lowest BCUT2D eigenvalue weighted by molar-refractivity contribution is 0.0422. The molecular formula is C17H19N5O3S. The standard InChI is InChI=1S/C17H19N5O3S/c1-3-13-5-4-12(8-20-13)16(23)21-9-17(10-21)11-22(26(2,24)25)15-14(17)18-6-7-19-15/h4-8H,3,9-11H2,1-2H3. The Morgan fingerprint density at radius 1 is 1.15 bits per heavy atom. The van der Waals surface area contributed by atoms with Gasteiger partial charge in [0.2, 0.25) is 10.0 Å². The van der Waals surface area contributed by atoms with E-state index in [1.165, 1.54) is 10.5 Å². The summed E-state index contributed by atoms with van der Waals surface area (Å²) < 4.78 is 25.5. The van der Waals surface area contributed by atoms with Crippen molar-refractivity contribution in [2.45, 2.75) is 18.8 Å². The molecule has 1 amide bonds. The van der Waals surface area contributed by atoms with Crippen LogP contribution in [0.1, 0.15) is 28.7 Å². The molecular weight excluding hydrogens is 354 g/mol. The summed E-state index contributed by atoms with van der Waals surface area (Å²) in [6, 6.07) is 3.63. The maximum absolute atomic E-state index is 12.7. The number of hydrogen-bond acceptors (Lipinski definition) is 6. The molecule has 2 aliphatic heterocycles. The highest BCUT2D eigenvalue weighted by atomic mass is 32.2. The molecule has 0 unspecified atom stereocenters. The number of hydrogen-bond donors (Lipinski definition) is 0. The Kier molecular flexibility index (Phi) is 3.72. The van der Waals surface area contributed by atoms with Crippen LogP contribution >= 0.6 is 0 Å². The summed E-state index contributed by atoms with van der Waals surface area (Å²) in [4.78, 5) is 27.2. The topological polar surface area (TPSA) is 96.4 Å². The summed E-state index contributed by atoms with van der Waals surface area (Å²) in [5.41, 5.74) is 1.63. The predicted molar refractivity (Wildman–Crippen MR) is 95.4 cm³/mol. The number of pyridine rings is 1. The van der Waals surface area contributed by atoms with Gasteiger partial charge in [-0.15, -0.1) is 0 Å². The largest absolute Gasteiger partial charge is 0.336 e. The Morgan fingerprint density at radius 2 is 1.88 bits per heavy atom. The van der Waals surface area contributed by atoms with Gasteiger partial charge in [-0.2, -0.15) is 0 Å². The highest BCUT2D eigenvalue weighted by Gasteiger charge is 2.56. The first kappa shape index (κ1) is 16.9. The lowest BCUT2D eigenvalue weighted by atomic mass is 9.78. The molecule has 0 aromatic carbocycles. The minimum Gasteiger partial charge on any atom is -0.336 e. The monoisotopic (exact) mass is 373 g/mol. The smallest absolute Gasteiger partial charge is 0.255 e. The van der Waals surface area contributed by atoms with E-state index >= 15 is 0 Å². The summed E-state index contributed by atoms with van der Waals surface area (Å²) in [5.74, 6) is 0.269. The summed E-state index contributed by atoms with van der Waals surface area (Å²) in [5, 5.41) is 0. The predicted octanol–water partition coefficient (Wildman–Crippen LogP) is 0.607. The van der Waals surface area contributed by atoms with Crippen molar-refractivity contribution >= 4 is 21.7 Å². The number of fused-ring (bicyclic) bond motifs is 2. The highest BCUT2D eigenvalue weighted by Crippen LogP contribution is 2.45. The average Bonchev–Trinajstić information content (AvgIpc) is 2.96. The first-order valence-corrected chi connectivity index (χ1v) is 10.2. The third-order valence-electron chi connectivity index (χ3n) is 4.97.